The molecule has 0 unspecified atom stereocenters. The number of carbonyl (C=O) groups is 2. The lowest BCUT2D eigenvalue weighted by atomic mass is 10.2. The molecule has 1 aromatic carbocycles. The molecule has 0 saturated carbocycles. The predicted octanol–water partition coefficient (Wildman–Crippen LogP) is 1.17. The van der Waals surface area contributed by atoms with E-state index in [-0.39, 0.29) is 24.7 Å². The van der Waals surface area contributed by atoms with Gasteiger partial charge >= 0.3 is 0 Å². The highest BCUT2D eigenvalue weighted by atomic mass is 79.9. The van der Waals surface area contributed by atoms with Crippen molar-refractivity contribution in [3.8, 4) is 5.75 Å². The Morgan fingerprint density at radius 1 is 1.62 bits per heavy atom. The van der Waals surface area contributed by atoms with Crippen molar-refractivity contribution in [1.82, 2.24) is 10.9 Å². The minimum Gasteiger partial charge on any atom is -0.496 e. The van der Waals surface area contributed by atoms with Crippen LogP contribution in [0.5, 0.6) is 5.75 Å². The molecule has 0 aliphatic carbocycles. The Kier molecular flexibility index (Phi) is 5.04. The molecule has 1 aliphatic heterocycles. The summed E-state index contributed by atoms with van der Waals surface area (Å²) >= 11 is 3.35. The fourth-order valence-electron chi connectivity index (χ4n) is 1.71. The Morgan fingerprint density at radius 3 is 3.10 bits per heavy atom. The van der Waals surface area contributed by atoms with Crippen LogP contribution in [-0.2, 0) is 9.59 Å². The van der Waals surface area contributed by atoms with E-state index in [9.17, 15) is 9.59 Å². The second kappa shape index (κ2) is 6.98. The molecule has 1 aromatic rings. The van der Waals surface area contributed by atoms with Crippen LogP contribution < -0.4 is 15.6 Å². The number of hydrazone groups is 2. The molecule has 0 fully saturated rings. The van der Waals surface area contributed by atoms with Gasteiger partial charge in [-0.05, 0) is 18.2 Å². The maximum Gasteiger partial charge on any atom is 0.245 e. The average Bonchev–Trinajstić information content (AvgIpc) is 2.84. The van der Waals surface area contributed by atoms with Crippen LogP contribution in [-0.4, -0.2) is 30.9 Å². The summed E-state index contributed by atoms with van der Waals surface area (Å²) in [7, 11) is 1.56. The van der Waals surface area contributed by atoms with Crippen molar-refractivity contribution in [3.05, 3.63) is 28.2 Å². The highest BCUT2D eigenvalue weighted by Gasteiger charge is 2.16. The molecule has 21 heavy (non-hydrogen) atoms. The van der Waals surface area contributed by atoms with E-state index in [0.29, 0.717) is 11.5 Å². The Hall–Kier alpha value is -2.22. The van der Waals surface area contributed by atoms with E-state index in [1.54, 1.807) is 13.2 Å². The fourth-order valence-corrected chi connectivity index (χ4v) is 2.09. The largest absolute Gasteiger partial charge is 0.496 e. The van der Waals surface area contributed by atoms with Gasteiger partial charge in [-0.1, -0.05) is 15.9 Å². The van der Waals surface area contributed by atoms with E-state index < -0.39 is 0 Å². The highest BCUT2D eigenvalue weighted by molar-refractivity contribution is 9.10. The summed E-state index contributed by atoms with van der Waals surface area (Å²) in [5.41, 5.74) is 5.89. The number of benzene rings is 1. The predicted molar refractivity (Wildman–Crippen MR) is 81.2 cm³/mol. The van der Waals surface area contributed by atoms with Gasteiger partial charge < -0.3 is 4.74 Å². The minimum absolute atomic E-state index is 0.0334. The van der Waals surface area contributed by atoms with E-state index >= 15 is 0 Å². The number of nitrogens with zero attached hydrogens (tertiary/aromatic N) is 2. The normalized spacial score (nSPS) is 14.0. The van der Waals surface area contributed by atoms with Gasteiger partial charge in [-0.3, -0.25) is 9.59 Å². The molecule has 1 aliphatic rings. The summed E-state index contributed by atoms with van der Waals surface area (Å²) in [5.74, 6) is 0.0989. The number of amides is 2. The summed E-state index contributed by atoms with van der Waals surface area (Å²) in [4.78, 5) is 22.6. The zero-order valence-electron chi connectivity index (χ0n) is 11.2. The van der Waals surface area contributed by atoms with E-state index in [2.05, 4.69) is 37.0 Å². The van der Waals surface area contributed by atoms with Gasteiger partial charge in [0.25, 0.3) is 0 Å². The molecule has 2 rings (SSSR count). The first-order chi connectivity index (χ1) is 10.1. The van der Waals surface area contributed by atoms with E-state index in [1.165, 1.54) is 6.21 Å². The SMILES string of the molecule is COc1ccc(Br)cc1/C=N\NC(=O)CC1=NNC(=O)C1. The molecular weight excluding hydrogens is 340 g/mol. The lowest BCUT2D eigenvalue weighted by Gasteiger charge is -2.04. The van der Waals surface area contributed by atoms with Gasteiger partial charge in [-0.2, -0.15) is 10.2 Å². The van der Waals surface area contributed by atoms with Gasteiger partial charge in [-0.15, -0.1) is 0 Å². The first kappa shape index (κ1) is 15.2. The second-order valence-corrected chi connectivity index (χ2v) is 5.16. The minimum atomic E-state index is -0.338. The molecule has 110 valence electrons. The average molecular weight is 353 g/mol. The third kappa shape index (κ3) is 4.38. The number of nitrogens with one attached hydrogen (secondary N) is 2. The standard InChI is InChI=1S/C13H13BrN4O3/c1-21-11-3-2-9(14)4-8(11)7-15-17-12(19)5-10-6-13(20)18-16-10/h2-4,7H,5-6H2,1H3,(H,17,19)(H,18,20)/b15-7-. The van der Waals surface area contributed by atoms with Gasteiger partial charge in [0, 0.05) is 10.0 Å². The fraction of sp³-hybridized carbons (Fsp3) is 0.231. The van der Waals surface area contributed by atoms with Gasteiger partial charge in [0.15, 0.2) is 0 Å². The number of ether oxygens (including phenoxy) is 1. The van der Waals surface area contributed by atoms with Crippen molar-refractivity contribution in [2.75, 3.05) is 7.11 Å². The van der Waals surface area contributed by atoms with Crippen LogP contribution in [0.25, 0.3) is 0 Å². The topological polar surface area (TPSA) is 92.2 Å². The molecule has 0 atom stereocenters. The number of hydrogen-bond donors (Lipinski definition) is 2. The first-order valence-electron chi connectivity index (χ1n) is 6.08. The van der Waals surface area contributed by atoms with Gasteiger partial charge in [0.1, 0.15) is 5.75 Å². The summed E-state index contributed by atoms with van der Waals surface area (Å²) in [6, 6.07) is 5.45. The smallest absolute Gasteiger partial charge is 0.245 e. The maximum absolute atomic E-state index is 11.6. The number of hydrogen-bond acceptors (Lipinski definition) is 5. The van der Waals surface area contributed by atoms with Crippen molar-refractivity contribution >= 4 is 39.7 Å². The lowest BCUT2D eigenvalue weighted by Crippen LogP contribution is -2.20. The lowest BCUT2D eigenvalue weighted by molar-refractivity contribution is -0.119. The molecule has 0 bridgehead atoms. The van der Waals surface area contributed by atoms with Crippen molar-refractivity contribution in [1.29, 1.82) is 0 Å². The molecule has 0 spiro atoms. The number of carbonyl (C=O) groups excluding carboxylic acids is 2. The quantitative estimate of drug-likeness (QED) is 0.615. The van der Waals surface area contributed by atoms with Crippen molar-refractivity contribution in [2.45, 2.75) is 12.8 Å². The Balaban J connectivity index is 1.91. The molecule has 2 amide bonds. The third-order valence-electron chi connectivity index (χ3n) is 2.65. The van der Waals surface area contributed by atoms with Crippen LogP contribution in [0, 0.1) is 0 Å². The Labute approximate surface area is 129 Å². The van der Waals surface area contributed by atoms with Crippen LogP contribution in [0.3, 0.4) is 0 Å². The van der Waals surface area contributed by atoms with Gasteiger partial charge in [-0.25, -0.2) is 10.9 Å². The monoisotopic (exact) mass is 352 g/mol. The zero-order valence-corrected chi connectivity index (χ0v) is 12.8. The molecular formula is C13H13BrN4O3. The third-order valence-corrected chi connectivity index (χ3v) is 3.15. The molecule has 1 heterocycles. The van der Waals surface area contributed by atoms with E-state index in [1.807, 2.05) is 12.1 Å². The molecule has 0 saturated heterocycles. The van der Waals surface area contributed by atoms with Gasteiger partial charge in [0.2, 0.25) is 11.8 Å². The Morgan fingerprint density at radius 2 is 2.43 bits per heavy atom. The summed E-state index contributed by atoms with van der Waals surface area (Å²) in [6.45, 7) is 0. The molecule has 0 aromatic heterocycles. The maximum atomic E-state index is 11.6. The summed E-state index contributed by atoms with van der Waals surface area (Å²) in [5, 5.41) is 7.61. The number of rotatable bonds is 5. The molecule has 7 nitrogen and oxygen atoms in total. The first-order valence-corrected chi connectivity index (χ1v) is 6.87. The Bertz CT molecular complexity index is 628. The number of methoxy groups -OCH3 is 1. The second-order valence-electron chi connectivity index (χ2n) is 4.25. The van der Waals surface area contributed by atoms with Crippen molar-refractivity contribution < 1.29 is 14.3 Å². The number of halogens is 1. The zero-order chi connectivity index (χ0) is 15.2. The van der Waals surface area contributed by atoms with E-state index in [4.69, 9.17) is 4.74 Å². The molecule has 8 heteroatoms. The van der Waals surface area contributed by atoms with Crippen LogP contribution in [0.15, 0.2) is 32.9 Å². The van der Waals surface area contributed by atoms with Crippen LogP contribution in [0.4, 0.5) is 0 Å². The van der Waals surface area contributed by atoms with Gasteiger partial charge in [0.05, 0.1) is 31.9 Å². The highest BCUT2D eigenvalue weighted by Crippen LogP contribution is 2.21. The molecule has 2 N–H and O–H groups in total. The van der Waals surface area contributed by atoms with Crippen LogP contribution in [0.2, 0.25) is 0 Å². The van der Waals surface area contributed by atoms with E-state index in [0.717, 1.165) is 10.0 Å². The summed E-state index contributed by atoms with van der Waals surface area (Å²) < 4.78 is 6.06. The molecule has 0 radical (unpaired) electrons. The van der Waals surface area contributed by atoms with Crippen molar-refractivity contribution in [3.63, 3.8) is 0 Å². The summed E-state index contributed by atoms with van der Waals surface area (Å²) in [6.07, 6.45) is 1.67. The van der Waals surface area contributed by atoms with Crippen LogP contribution in [0.1, 0.15) is 18.4 Å². The van der Waals surface area contributed by atoms with Crippen molar-refractivity contribution in [2.24, 2.45) is 10.2 Å². The van der Waals surface area contributed by atoms with Crippen LogP contribution >= 0.6 is 15.9 Å².